The van der Waals surface area contributed by atoms with E-state index < -0.39 is 42.0 Å². The number of β-lactam (4-membered cyclic amide) rings is 1. The second kappa shape index (κ2) is 12.0. The molecule has 1 aromatic rings. The summed E-state index contributed by atoms with van der Waals surface area (Å²) in [7, 11) is 0. The molecule has 4 N–H and O–H groups in total. The zero-order valence-electron chi connectivity index (χ0n) is 22.9. The number of carboxylic acid groups (broad SMARTS) is 2. The number of anilines is 1. The summed E-state index contributed by atoms with van der Waals surface area (Å²) in [6.07, 6.45) is 3.65. The topological polar surface area (TPSA) is 147 Å². The van der Waals surface area contributed by atoms with Gasteiger partial charge >= 0.3 is 11.9 Å². The Hall–Kier alpha value is -2.83. The minimum Gasteiger partial charge on any atom is -0.478 e. The molecule has 0 spiro atoms. The molecule has 3 heterocycles. The van der Waals surface area contributed by atoms with E-state index in [0.717, 1.165) is 0 Å². The fourth-order valence-corrected chi connectivity index (χ4v) is 8.45. The van der Waals surface area contributed by atoms with Crippen LogP contribution in [-0.2, 0) is 14.4 Å². The number of fused-ring (bicyclic) bond motifs is 1. The van der Waals surface area contributed by atoms with Gasteiger partial charge in [-0.25, -0.2) is 9.59 Å². The fraction of sp³-hybridized carbons (Fsp3) is 0.448. The largest absolute Gasteiger partial charge is 0.478 e. The highest BCUT2D eigenvalue weighted by Gasteiger charge is 2.60. The van der Waals surface area contributed by atoms with E-state index in [-0.39, 0.29) is 34.3 Å². The first kappa shape index (κ1) is 30.6. The van der Waals surface area contributed by atoms with E-state index in [0.29, 0.717) is 46.6 Å². The lowest BCUT2D eigenvalue weighted by Crippen LogP contribution is -2.63. The van der Waals surface area contributed by atoms with Crippen molar-refractivity contribution in [1.82, 2.24) is 9.80 Å². The number of aromatic carboxylic acids is 1. The second-order valence-electron chi connectivity index (χ2n) is 11.1. The van der Waals surface area contributed by atoms with Crippen molar-refractivity contribution in [3.63, 3.8) is 0 Å². The van der Waals surface area contributed by atoms with Gasteiger partial charge in [0, 0.05) is 50.8 Å². The number of aliphatic hydroxyl groups excluding tert-OH is 1. The normalized spacial score (nSPS) is 29.9. The van der Waals surface area contributed by atoms with E-state index in [1.54, 1.807) is 18.2 Å². The highest BCUT2D eigenvalue weighted by atomic mass is 35.5. The van der Waals surface area contributed by atoms with Crippen LogP contribution in [0.5, 0.6) is 0 Å². The van der Waals surface area contributed by atoms with Crippen LogP contribution in [0.1, 0.15) is 37.0 Å². The average Bonchev–Trinajstić information content (AvgIpc) is 3.42. The van der Waals surface area contributed by atoms with Gasteiger partial charge in [-0.1, -0.05) is 42.3 Å². The Morgan fingerprint density at radius 3 is 2.57 bits per heavy atom. The van der Waals surface area contributed by atoms with Gasteiger partial charge in [0.1, 0.15) is 5.70 Å². The molecule has 0 radical (unpaired) electrons. The first-order valence-electron chi connectivity index (χ1n) is 13.6. The molecule has 5 rings (SSSR count). The van der Waals surface area contributed by atoms with Crippen molar-refractivity contribution < 1.29 is 34.5 Å². The van der Waals surface area contributed by atoms with Gasteiger partial charge in [0.15, 0.2) is 0 Å². The predicted molar refractivity (Wildman–Crippen MR) is 159 cm³/mol. The number of carbonyl (C=O) groups excluding carboxylic acids is 2. The average molecular weight is 637 g/mol. The first-order chi connectivity index (χ1) is 19.9. The third kappa shape index (κ3) is 5.72. The van der Waals surface area contributed by atoms with Gasteiger partial charge in [-0.15, -0.1) is 11.8 Å². The molecule has 7 atom stereocenters. The monoisotopic (exact) mass is 635 g/mol. The van der Waals surface area contributed by atoms with E-state index in [4.69, 9.17) is 23.2 Å². The van der Waals surface area contributed by atoms with Crippen LogP contribution in [0.25, 0.3) is 0 Å². The Bertz CT molecular complexity index is 1430. The van der Waals surface area contributed by atoms with Gasteiger partial charge in [0.2, 0.25) is 11.8 Å². The molecule has 42 heavy (non-hydrogen) atoms. The fourth-order valence-electron chi connectivity index (χ4n) is 6.36. The minimum atomic E-state index is -1.20. The van der Waals surface area contributed by atoms with E-state index in [1.165, 1.54) is 35.7 Å². The van der Waals surface area contributed by atoms with Gasteiger partial charge in [-0.3, -0.25) is 14.5 Å². The number of aliphatic carboxylic acids is 1. The molecule has 0 bridgehead atoms. The van der Waals surface area contributed by atoms with Crippen molar-refractivity contribution >= 4 is 64.4 Å². The number of amides is 2. The standard InChI is InChI=1S/C29H31Cl2N3O7S/c1-13-23-22(14(2)35)27(37)34(23)24(29(40)41)25(13)42-19-10-21(26(36)32-18-5-3-4-15(8-18)28(38)39)33(12-19)11-16-6-7-17(30)9-20(16)31/h3-5,7-9,13-14,16,19,21-23,35H,6,10-12H2,1-2H3,(H,32,36)(H,38,39)(H,40,41). The number of hydrogen-bond acceptors (Lipinski definition) is 7. The molecular weight excluding hydrogens is 605 g/mol. The summed E-state index contributed by atoms with van der Waals surface area (Å²) in [4.78, 5) is 54.0. The maximum Gasteiger partial charge on any atom is 0.353 e. The van der Waals surface area contributed by atoms with Gasteiger partial charge in [-0.2, -0.15) is 0 Å². The highest BCUT2D eigenvalue weighted by molar-refractivity contribution is 8.03. The molecule has 2 fully saturated rings. The summed E-state index contributed by atoms with van der Waals surface area (Å²) < 4.78 is 0. The summed E-state index contributed by atoms with van der Waals surface area (Å²) in [6.45, 7) is 4.32. The number of rotatable bonds is 9. The SMILES string of the molecule is CC(O)C1C(=O)N2C(C(=O)O)=C(SC3CC(C(=O)Nc4cccc(C(=O)O)c4)N(CC4CC=C(Cl)C=C4Cl)C3)C(C)C12. The Labute approximate surface area is 257 Å². The first-order valence-corrected chi connectivity index (χ1v) is 15.3. The van der Waals surface area contributed by atoms with E-state index in [1.807, 2.05) is 17.9 Å². The second-order valence-corrected chi connectivity index (χ2v) is 13.4. The van der Waals surface area contributed by atoms with Crippen LogP contribution in [0.2, 0.25) is 0 Å². The zero-order chi connectivity index (χ0) is 30.5. The van der Waals surface area contributed by atoms with Gasteiger partial charge in [0.25, 0.3) is 0 Å². The number of carboxylic acids is 2. The molecule has 224 valence electrons. The van der Waals surface area contributed by atoms with Crippen LogP contribution in [0.3, 0.4) is 0 Å². The number of hydrogen-bond donors (Lipinski definition) is 4. The zero-order valence-corrected chi connectivity index (χ0v) is 25.2. The lowest BCUT2D eigenvalue weighted by Gasteiger charge is -2.46. The summed E-state index contributed by atoms with van der Waals surface area (Å²) in [6, 6.07) is 4.98. The number of nitrogens with zero attached hydrogens (tertiary/aromatic N) is 2. The van der Waals surface area contributed by atoms with Gasteiger partial charge < -0.3 is 25.5 Å². The molecule has 2 saturated heterocycles. The van der Waals surface area contributed by atoms with Crippen molar-refractivity contribution in [1.29, 1.82) is 0 Å². The molecular formula is C29H31Cl2N3O7S. The molecule has 1 aliphatic carbocycles. The van der Waals surface area contributed by atoms with E-state index >= 15 is 0 Å². The Morgan fingerprint density at radius 1 is 1.19 bits per heavy atom. The van der Waals surface area contributed by atoms with Crippen molar-refractivity contribution in [2.75, 3.05) is 18.4 Å². The molecule has 7 unspecified atom stereocenters. The van der Waals surface area contributed by atoms with Crippen LogP contribution in [-0.4, -0.2) is 85.4 Å². The van der Waals surface area contributed by atoms with E-state index in [9.17, 15) is 34.5 Å². The molecule has 0 aromatic heterocycles. The summed E-state index contributed by atoms with van der Waals surface area (Å²) in [5, 5.41) is 33.3. The van der Waals surface area contributed by atoms with Crippen LogP contribution in [0, 0.1) is 17.8 Å². The number of allylic oxidation sites excluding steroid dienone is 3. The van der Waals surface area contributed by atoms with E-state index in [2.05, 4.69) is 5.32 Å². The highest BCUT2D eigenvalue weighted by Crippen LogP contribution is 2.52. The molecule has 1 aromatic carbocycles. The van der Waals surface area contributed by atoms with Crippen molar-refractivity contribution in [3.8, 4) is 0 Å². The molecule has 13 heteroatoms. The predicted octanol–water partition coefficient (Wildman–Crippen LogP) is 3.92. The Balaban J connectivity index is 1.38. The third-order valence-electron chi connectivity index (χ3n) is 8.37. The lowest BCUT2D eigenvalue weighted by molar-refractivity contribution is -0.163. The summed E-state index contributed by atoms with van der Waals surface area (Å²) in [5.41, 5.74) is 0.348. The molecule has 0 saturated carbocycles. The Morgan fingerprint density at radius 2 is 1.93 bits per heavy atom. The molecule has 10 nitrogen and oxygen atoms in total. The third-order valence-corrected chi connectivity index (χ3v) is 10.5. The summed E-state index contributed by atoms with van der Waals surface area (Å²) in [5.74, 6) is -4.05. The maximum absolute atomic E-state index is 13.6. The van der Waals surface area contributed by atoms with Crippen LogP contribution < -0.4 is 5.32 Å². The van der Waals surface area contributed by atoms with Crippen LogP contribution in [0.15, 0.2) is 57.1 Å². The lowest BCUT2D eigenvalue weighted by atomic mass is 9.79. The summed E-state index contributed by atoms with van der Waals surface area (Å²) >= 11 is 14.0. The van der Waals surface area contributed by atoms with Crippen molar-refractivity contribution in [2.45, 2.75) is 50.1 Å². The van der Waals surface area contributed by atoms with Gasteiger partial charge in [0.05, 0.1) is 29.7 Å². The van der Waals surface area contributed by atoms with Crippen molar-refractivity contribution in [3.05, 3.63) is 62.6 Å². The number of nitrogens with one attached hydrogen (secondary N) is 1. The quantitative estimate of drug-likeness (QED) is 0.296. The molecule has 2 amide bonds. The smallest absolute Gasteiger partial charge is 0.353 e. The number of halogens is 2. The van der Waals surface area contributed by atoms with Crippen molar-refractivity contribution in [2.24, 2.45) is 17.8 Å². The molecule has 4 aliphatic rings. The Kier molecular flexibility index (Phi) is 8.78. The number of likely N-dealkylation sites (tertiary alicyclic amines) is 1. The minimum absolute atomic E-state index is 0.0466. The number of thioether (sulfide) groups is 1. The number of aliphatic hydroxyl groups is 1. The number of benzene rings is 1. The number of carbonyl (C=O) groups is 4. The molecule has 3 aliphatic heterocycles. The maximum atomic E-state index is 13.6. The van der Waals surface area contributed by atoms with Gasteiger partial charge in [-0.05, 0) is 44.0 Å². The van der Waals surface area contributed by atoms with Crippen LogP contribution >= 0.6 is 35.0 Å². The van der Waals surface area contributed by atoms with Crippen LogP contribution in [0.4, 0.5) is 5.69 Å².